The van der Waals surface area contributed by atoms with Crippen molar-refractivity contribution < 1.29 is 14.6 Å². The zero-order chi connectivity index (χ0) is 19.3. The maximum absolute atomic E-state index is 11.1. The van der Waals surface area contributed by atoms with Crippen LogP contribution in [0.2, 0.25) is 0 Å². The lowest BCUT2D eigenvalue weighted by Gasteiger charge is -2.37. The van der Waals surface area contributed by atoms with E-state index < -0.39 is 5.97 Å². The predicted molar refractivity (Wildman–Crippen MR) is 109 cm³/mol. The van der Waals surface area contributed by atoms with Gasteiger partial charge in [0.05, 0.1) is 12.0 Å². The van der Waals surface area contributed by atoms with Gasteiger partial charge >= 0.3 is 5.97 Å². The van der Waals surface area contributed by atoms with E-state index in [-0.39, 0.29) is 12.0 Å². The van der Waals surface area contributed by atoms with Crippen LogP contribution in [0.25, 0.3) is 0 Å². The van der Waals surface area contributed by atoms with Crippen molar-refractivity contribution in [2.24, 2.45) is 5.92 Å². The summed E-state index contributed by atoms with van der Waals surface area (Å²) in [7, 11) is 0. The number of carboxylic acids is 1. The number of ether oxygens (including phenoxy) is 1. The van der Waals surface area contributed by atoms with E-state index in [0.29, 0.717) is 12.8 Å². The first-order chi connectivity index (χ1) is 13.7. The highest BCUT2D eigenvalue weighted by atomic mass is 16.5. The SMILES string of the molecule is O=C(O)C1CCC(Oc2ccc(N3CCN(c4ccncc4)CC3)cc2)CC1. The molecule has 148 valence electrons. The molecule has 1 aromatic heterocycles. The van der Waals surface area contributed by atoms with Crippen LogP contribution in [0.1, 0.15) is 25.7 Å². The smallest absolute Gasteiger partial charge is 0.306 e. The van der Waals surface area contributed by atoms with Gasteiger partial charge in [0.25, 0.3) is 0 Å². The molecule has 2 heterocycles. The molecule has 0 radical (unpaired) electrons. The average molecular weight is 381 g/mol. The molecule has 6 heteroatoms. The van der Waals surface area contributed by atoms with Crippen LogP contribution < -0.4 is 14.5 Å². The lowest BCUT2D eigenvalue weighted by Crippen LogP contribution is -2.46. The Bertz CT molecular complexity index is 765. The molecule has 0 atom stereocenters. The van der Waals surface area contributed by atoms with Crippen LogP contribution in [-0.2, 0) is 4.79 Å². The second-order valence-electron chi connectivity index (χ2n) is 7.60. The first-order valence-electron chi connectivity index (χ1n) is 10.1. The first-order valence-corrected chi connectivity index (χ1v) is 10.1. The largest absolute Gasteiger partial charge is 0.490 e. The molecule has 6 nitrogen and oxygen atoms in total. The van der Waals surface area contributed by atoms with Gasteiger partial charge in [-0.1, -0.05) is 0 Å². The number of hydrogen-bond acceptors (Lipinski definition) is 5. The van der Waals surface area contributed by atoms with E-state index in [1.165, 1.54) is 11.4 Å². The summed E-state index contributed by atoms with van der Waals surface area (Å²) in [5, 5.41) is 9.10. The van der Waals surface area contributed by atoms with E-state index >= 15 is 0 Å². The fourth-order valence-corrected chi connectivity index (χ4v) is 4.13. The van der Waals surface area contributed by atoms with Gasteiger partial charge in [0.1, 0.15) is 5.75 Å². The van der Waals surface area contributed by atoms with Crippen molar-refractivity contribution in [1.82, 2.24) is 4.98 Å². The topological polar surface area (TPSA) is 65.9 Å². The maximum atomic E-state index is 11.1. The summed E-state index contributed by atoms with van der Waals surface area (Å²) in [4.78, 5) is 19.9. The minimum Gasteiger partial charge on any atom is -0.490 e. The van der Waals surface area contributed by atoms with E-state index in [1.807, 2.05) is 24.5 Å². The molecular weight excluding hydrogens is 354 g/mol. The van der Waals surface area contributed by atoms with Crippen LogP contribution in [0.3, 0.4) is 0 Å². The molecule has 2 aliphatic rings. The third kappa shape index (κ3) is 4.38. The molecule has 0 unspecified atom stereocenters. The summed E-state index contributed by atoms with van der Waals surface area (Å²) >= 11 is 0. The van der Waals surface area contributed by atoms with Gasteiger partial charge in [0.2, 0.25) is 0 Å². The monoisotopic (exact) mass is 381 g/mol. The van der Waals surface area contributed by atoms with Crippen molar-refractivity contribution in [2.45, 2.75) is 31.8 Å². The van der Waals surface area contributed by atoms with Crippen molar-refractivity contribution in [2.75, 3.05) is 36.0 Å². The molecule has 0 amide bonds. The number of aliphatic carboxylic acids is 1. The Morgan fingerprint density at radius 2 is 1.39 bits per heavy atom. The average Bonchev–Trinajstić information content (AvgIpc) is 2.75. The van der Waals surface area contributed by atoms with Gasteiger partial charge in [-0.25, -0.2) is 0 Å². The molecule has 2 fully saturated rings. The molecule has 1 N–H and O–H groups in total. The molecule has 0 bridgehead atoms. The minimum absolute atomic E-state index is 0.130. The number of aromatic nitrogens is 1. The van der Waals surface area contributed by atoms with Crippen LogP contribution in [0, 0.1) is 5.92 Å². The molecule has 4 rings (SSSR count). The predicted octanol–water partition coefficient (Wildman–Crippen LogP) is 3.43. The molecule has 28 heavy (non-hydrogen) atoms. The normalized spacial score (nSPS) is 22.7. The van der Waals surface area contributed by atoms with Crippen LogP contribution in [0.4, 0.5) is 11.4 Å². The van der Waals surface area contributed by atoms with Gasteiger partial charge in [-0.15, -0.1) is 0 Å². The summed E-state index contributed by atoms with van der Waals surface area (Å²) in [5.74, 6) is -0.00202. The number of piperazine rings is 1. The van der Waals surface area contributed by atoms with Crippen LogP contribution >= 0.6 is 0 Å². The lowest BCUT2D eigenvalue weighted by atomic mass is 9.87. The van der Waals surface area contributed by atoms with E-state index in [1.54, 1.807) is 0 Å². The van der Waals surface area contributed by atoms with E-state index in [2.05, 4.69) is 39.0 Å². The van der Waals surface area contributed by atoms with Gasteiger partial charge < -0.3 is 19.6 Å². The molecule has 1 saturated carbocycles. The van der Waals surface area contributed by atoms with Gasteiger partial charge in [0, 0.05) is 49.9 Å². The Morgan fingerprint density at radius 1 is 0.857 bits per heavy atom. The second-order valence-corrected chi connectivity index (χ2v) is 7.60. The highest BCUT2D eigenvalue weighted by molar-refractivity contribution is 5.70. The van der Waals surface area contributed by atoms with E-state index in [4.69, 9.17) is 9.84 Å². The lowest BCUT2D eigenvalue weighted by molar-refractivity contribution is -0.143. The van der Waals surface area contributed by atoms with Gasteiger partial charge in [-0.3, -0.25) is 9.78 Å². The Hall–Kier alpha value is -2.76. The number of nitrogens with zero attached hydrogens (tertiary/aromatic N) is 3. The quantitative estimate of drug-likeness (QED) is 0.856. The Labute approximate surface area is 165 Å². The number of anilines is 2. The van der Waals surface area contributed by atoms with Crippen LogP contribution in [0.15, 0.2) is 48.8 Å². The fourth-order valence-electron chi connectivity index (χ4n) is 4.13. The zero-order valence-corrected chi connectivity index (χ0v) is 16.0. The van der Waals surface area contributed by atoms with Gasteiger partial charge in [-0.05, 0) is 62.1 Å². The standard InChI is InChI=1S/C22H27N3O3/c26-22(27)17-1-5-20(6-2-17)28-21-7-3-18(4-8-21)24-13-15-25(16-14-24)19-9-11-23-12-10-19/h3-4,7-12,17,20H,1-2,5-6,13-16H2,(H,26,27). The molecule has 2 aromatic rings. The first kappa shape index (κ1) is 18.6. The van der Waals surface area contributed by atoms with Crippen molar-refractivity contribution in [1.29, 1.82) is 0 Å². The van der Waals surface area contributed by atoms with Gasteiger partial charge in [0.15, 0.2) is 0 Å². The minimum atomic E-state index is -0.674. The number of rotatable bonds is 5. The molecule has 1 aromatic carbocycles. The van der Waals surface area contributed by atoms with Crippen molar-refractivity contribution in [3.63, 3.8) is 0 Å². The van der Waals surface area contributed by atoms with Crippen molar-refractivity contribution in [3.8, 4) is 5.75 Å². The molecular formula is C22H27N3O3. The Kier molecular flexibility index (Phi) is 5.65. The van der Waals surface area contributed by atoms with Crippen molar-refractivity contribution >= 4 is 17.3 Å². The third-order valence-corrected chi connectivity index (χ3v) is 5.84. The number of benzene rings is 1. The fraction of sp³-hybridized carbons (Fsp3) is 0.455. The molecule has 1 saturated heterocycles. The highest BCUT2D eigenvalue weighted by Crippen LogP contribution is 2.29. The van der Waals surface area contributed by atoms with Crippen LogP contribution in [0.5, 0.6) is 5.75 Å². The summed E-state index contributed by atoms with van der Waals surface area (Å²) < 4.78 is 6.07. The number of carbonyl (C=O) groups is 1. The summed E-state index contributed by atoms with van der Waals surface area (Å²) in [6.07, 6.45) is 6.86. The summed E-state index contributed by atoms with van der Waals surface area (Å²) in [5.41, 5.74) is 2.45. The Balaban J connectivity index is 1.28. The second kappa shape index (κ2) is 8.50. The number of hydrogen-bond donors (Lipinski definition) is 1. The third-order valence-electron chi connectivity index (χ3n) is 5.84. The zero-order valence-electron chi connectivity index (χ0n) is 16.0. The van der Waals surface area contributed by atoms with Gasteiger partial charge in [-0.2, -0.15) is 0 Å². The van der Waals surface area contributed by atoms with E-state index in [9.17, 15) is 4.79 Å². The maximum Gasteiger partial charge on any atom is 0.306 e. The molecule has 1 aliphatic heterocycles. The summed E-state index contributed by atoms with van der Waals surface area (Å²) in [6, 6.07) is 12.4. The van der Waals surface area contributed by atoms with Crippen molar-refractivity contribution in [3.05, 3.63) is 48.8 Å². The highest BCUT2D eigenvalue weighted by Gasteiger charge is 2.27. The Morgan fingerprint density at radius 3 is 1.93 bits per heavy atom. The van der Waals surface area contributed by atoms with Crippen LogP contribution in [-0.4, -0.2) is 48.3 Å². The number of carboxylic acid groups (broad SMARTS) is 1. The molecule has 1 aliphatic carbocycles. The van der Waals surface area contributed by atoms with E-state index in [0.717, 1.165) is 44.8 Å². The number of pyridine rings is 1. The summed E-state index contributed by atoms with van der Waals surface area (Å²) in [6.45, 7) is 3.97. The molecule has 0 spiro atoms.